The molecule has 2 aromatic carbocycles. The topological polar surface area (TPSA) is 51.4 Å². The van der Waals surface area contributed by atoms with Crippen molar-refractivity contribution in [2.75, 3.05) is 20.6 Å². The van der Waals surface area contributed by atoms with Crippen molar-refractivity contribution >= 4 is 23.6 Å². The van der Waals surface area contributed by atoms with Crippen LogP contribution in [0, 0.1) is 6.92 Å². The summed E-state index contributed by atoms with van der Waals surface area (Å²) in [5.41, 5.74) is 3.76. The highest BCUT2D eigenvalue weighted by molar-refractivity contribution is 6.31. The van der Waals surface area contributed by atoms with Crippen LogP contribution in [-0.2, 0) is 11.3 Å². The number of aromatic nitrogens is 2. The summed E-state index contributed by atoms with van der Waals surface area (Å²) in [5, 5.41) is 8.16. The molecule has 0 spiro atoms. The summed E-state index contributed by atoms with van der Waals surface area (Å²) in [6.07, 6.45) is 3.27. The second kappa shape index (κ2) is 10.2. The number of nitrogens with one attached hydrogen (secondary N) is 2. The largest absolute Gasteiger partial charge is 0.340 e. The molecule has 3 rings (SSSR count). The van der Waals surface area contributed by atoms with Crippen molar-refractivity contribution < 1.29 is 9.69 Å². The Hall–Kier alpha value is -2.89. The second-order valence-corrected chi connectivity index (χ2v) is 8.01. The van der Waals surface area contributed by atoms with Gasteiger partial charge in [-0.1, -0.05) is 72.3 Å². The van der Waals surface area contributed by atoms with Crippen LogP contribution in [0.5, 0.6) is 0 Å². The van der Waals surface area contributed by atoms with Crippen LogP contribution in [0.2, 0.25) is 5.15 Å². The zero-order valence-corrected chi connectivity index (χ0v) is 18.4. The Kier molecular flexibility index (Phi) is 7.44. The van der Waals surface area contributed by atoms with Gasteiger partial charge in [0.15, 0.2) is 0 Å². The minimum absolute atomic E-state index is 0.0641. The molecule has 1 amide bonds. The third kappa shape index (κ3) is 5.81. The number of carbonyl (C=O) groups is 1. The zero-order valence-electron chi connectivity index (χ0n) is 17.6. The maximum atomic E-state index is 12.6. The van der Waals surface area contributed by atoms with Crippen molar-refractivity contribution in [3.05, 3.63) is 94.3 Å². The molecule has 0 aliphatic carbocycles. The van der Waals surface area contributed by atoms with Crippen molar-refractivity contribution in [3.8, 4) is 0 Å². The second-order valence-electron chi connectivity index (χ2n) is 7.65. The van der Waals surface area contributed by atoms with Gasteiger partial charge in [-0.05, 0) is 24.1 Å². The average Bonchev–Trinajstić information content (AvgIpc) is 2.99. The van der Waals surface area contributed by atoms with Crippen molar-refractivity contribution in [1.82, 2.24) is 15.1 Å². The molecule has 6 heteroatoms. The minimum Gasteiger partial charge on any atom is -0.340 e. The van der Waals surface area contributed by atoms with Crippen LogP contribution in [0.3, 0.4) is 0 Å². The molecule has 0 unspecified atom stereocenters. The van der Waals surface area contributed by atoms with Gasteiger partial charge in [-0.2, -0.15) is 5.10 Å². The Morgan fingerprint density at radius 3 is 2.40 bits per heavy atom. The summed E-state index contributed by atoms with van der Waals surface area (Å²) < 4.78 is 1.76. The smallest absolute Gasteiger partial charge is 0.244 e. The van der Waals surface area contributed by atoms with E-state index in [1.54, 1.807) is 10.8 Å². The van der Waals surface area contributed by atoms with E-state index in [0.717, 1.165) is 28.9 Å². The van der Waals surface area contributed by atoms with E-state index in [2.05, 4.69) is 24.5 Å². The molecule has 2 N–H and O–H groups in total. The third-order valence-electron chi connectivity index (χ3n) is 4.82. The van der Waals surface area contributed by atoms with Crippen LogP contribution >= 0.6 is 11.6 Å². The van der Waals surface area contributed by atoms with Gasteiger partial charge in [0, 0.05) is 11.6 Å². The van der Waals surface area contributed by atoms with Crippen LogP contribution < -0.4 is 10.2 Å². The van der Waals surface area contributed by atoms with Crippen LogP contribution in [0.4, 0.5) is 0 Å². The molecule has 1 heterocycles. The molecular formula is C24H28ClN4O+. The van der Waals surface area contributed by atoms with Crippen LogP contribution in [0.15, 0.2) is 66.7 Å². The van der Waals surface area contributed by atoms with Crippen LogP contribution in [0.1, 0.15) is 28.4 Å². The fraction of sp³-hybridized carbons (Fsp3) is 0.250. The van der Waals surface area contributed by atoms with Crippen molar-refractivity contribution in [1.29, 1.82) is 0 Å². The maximum Gasteiger partial charge on any atom is 0.244 e. The maximum absolute atomic E-state index is 12.6. The van der Waals surface area contributed by atoms with Crippen LogP contribution in [0.25, 0.3) is 6.08 Å². The number of quaternary nitrogens is 1. The zero-order chi connectivity index (χ0) is 21.5. The molecular weight excluding hydrogens is 396 g/mol. The Morgan fingerprint density at radius 1 is 1.13 bits per heavy atom. The first-order chi connectivity index (χ1) is 14.4. The molecule has 0 saturated heterocycles. The van der Waals surface area contributed by atoms with E-state index in [0.29, 0.717) is 11.7 Å². The SMILES string of the molecule is Cc1nn(Cc2ccccc2)c(Cl)c1/C=C/C(=O)N[C@H](C[NH+](C)C)c1ccccc1. The number of hydrogen-bond acceptors (Lipinski definition) is 2. The van der Waals surface area contributed by atoms with E-state index in [4.69, 9.17) is 11.6 Å². The summed E-state index contributed by atoms with van der Waals surface area (Å²) in [5.74, 6) is -0.156. The van der Waals surface area contributed by atoms with Gasteiger partial charge in [0.2, 0.25) is 5.91 Å². The Bertz CT molecular complexity index is 997. The predicted octanol–water partition coefficient (Wildman–Crippen LogP) is 2.91. The van der Waals surface area contributed by atoms with Gasteiger partial charge in [-0.15, -0.1) is 0 Å². The first-order valence-corrected chi connectivity index (χ1v) is 10.4. The lowest BCUT2D eigenvalue weighted by molar-refractivity contribution is -0.860. The molecule has 5 nitrogen and oxygen atoms in total. The molecule has 0 bridgehead atoms. The average molecular weight is 424 g/mol. The van der Waals surface area contributed by atoms with E-state index >= 15 is 0 Å². The van der Waals surface area contributed by atoms with Crippen molar-refractivity contribution in [2.24, 2.45) is 0 Å². The van der Waals surface area contributed by atoms with E-state index in [9.17, 15) is 4.79 Å². The number of benzene rings is 2. The quantitative estimate of drug-likeness (QED) is 0.547. The molecule has 1 aromatic heterocycles. The summed E-state index contributed by atoms with van der Waals surface area (Å²) in [7, 11) is 4.14. The lowest BCUT2D eigenvalue weighted by Gasteiger charge is -2.20. The van der Waals surface area contributed by atoms with Gasteiger partial charge in [0.25, 0.3) is 0 Å². The molecule has 0 fully saturated rings. The molecule has 0 saturated carbocycles. The molecule has 156 valence electrons. The number of likely N-dealkylation sites (N-methyl/N-ethyl adjacent to an activating group) is 1. The molecule has 0 radical (unpaired) electrons. The van der Waals surface area contributed by atoms with Gasteiger partial charge in [-0.3, -0.25) is 4.79 Å². The highest BCUT2D eigenvalue weighted by atomic mass is 35.5. The first kappa shape index (κ1) is 21.8. The summed E-state index contributed by atoms with van der Waals surface area (Å²) >= 11 is 6.55. The highest BCUT2D eigenvalue weighted by Crippen LogP contribution is 2.22. The van der Waals surface area contributed by atoms with Gasteiger partial charge in [0.1, 0.15) is 17.7 Å². The van der Waals surface area contributed by atoms with Gasteiger partial charge < -0.3 is 10.2 Å². The number of carbonyl (C=O) groups excluding carboxylic acids is 1. The number of nitrogens with zero attached hydrogens (tertiary/aromatic N) is 2. The van der Waals surface area contributed by atoms with Gasteiger partial charge in [0.05, 0.1) is 26.3 Å². The molecule has 0 aliphatic heterocycles. The number of hydrogen-bond donors (Lipinski definition) is 2. The summed E-state index contributed by atoms with van der Waals surface area (Å²) in [6, 6.07) is 20.0. The van der Waals surface area contributed by atoms with Gasteiger partial charge >= 0.3 is 0 Å². The fourth-order valence-electron chi connectivity index (χ4n) is 3.34. The number of rotatable bonds is 8. The normalized spacial score (nSPS) is 12.4. The summed E-state index contributed by atoms with van der Waals surface area (Å²) in [6.45, 7) is 3.27. The van der Waals surface area contributed by atoms with E-state index in [-0.39, 0.29) is 11.9 Å². The molecule has 0 aliphatic rings. The molecule has 1 atom stereocenters. The van der Waals surface area contributed by atoms with E-state index in [1.807, 2.05) is 67.6 Å². The Labute approximate surface area is 183 Å². The fourth-order valence-corrected chi connectivity index (χ4v) is 3.64. The lowest BCUT2D eigenvalue weighted by atomic mass is 10.1. The number of amides is 1. The van der Waals surface area contributed by atoms with Gasteiger partial charge in [-0.25, -0.2) is 4.68 Å². The Morgan fingerprint density at radius 2 is 1.77 bits per heavy atom. The van der Waals surface area contributed by atoms with Crippen molar-refractivity contribution in [3.63, 3.8) is 0 Å². The van der Waals surface area contributed by atoms with E-state index in [1.165, 1.54) is 11.0 Å². The minimum atomic E-state index is -0.156. The molecule has 3 aromatic rings. The predicted molar refractivity (Wildman–Crippen MR) is 122 cm³/mol. The van der Waals surface area contributed by atoms with Crippen LogP contribution in [-0.4, -0.2) is 36.3 Å². The third-order valence-corrected chi connectivity index (χ3v) is 5.22. The monoisotopic (exact) mass is 423 g/mol. The summed E-state index contributed by atoms with van der Waals surface area (Å²) in [4.78, 5) is 13.9. The first-order valence-electron chi connectivity index (χ1n) is 10.0. The standard InChI is InChI=1S/C24H27ClN4O/c1-18-21(24(25)29(27-18)16-19-10-6-4-7-11-19)14-15-23(30)26-22(17-28(2)3)20-12-8-5-9-13-20/h4-15,22H,16-17H2,1-3H3,(H,26,30)/p+1/b15-14+/t22-/m1/s1. The highest BCUT2D eigenvalue weighted by Gasteiger charge is 2.17. The number of halogens is 1. The lowest BCUT2D eigenvalue weighted by Crippen LogP contribution is -3.06. The number of aryl methyl sites for hydroxylation is 1. The molecule has 30 heavy (non-hydrogen) atoms. The van der Waals surface area contributed by atoms with Crippen molar-refractivity contribution in [2.45, 2.75) is 19.5 Å². The Balaban J connectivity index is 1.72. The van der Waals surface area contributed by atoms with E-state index < -0.39 is 0 Å².